The van der Waals surface area contributed by atoms with Gasteiger partial charge in [-0.05, 0) is 20.8 Å². The van der Waals surface area contributed by atoms with Crippen LogP contribution in [0.3, 0.4) is 0 Å². The number of carboxylic acid groups (broad SMARTS) is 1. The lowest BCUT2D eigenvalue weighted by molar-refractivity contribution is -0.138. The van der Waals surface area contributed by atoms with Gasteiger partial charge in [0.25, 0.3) is 0 Å². The van der Waals surface area contributed by atoms with E-state index in [-0.39, 0.29) is 13.1 Å². The Labute approximate surface area is 89.3 Å². The molecule has 0 heterocycles. The van der Waals surface area contributed by atoms with E-state index in [0.29, 0.717) is 0 Å². The van der Waals surface area contributed by atoms with Gasteiger partial charge in [0.15, 0.2) is 0 Å². The molecule has 0 rings (SSSR count). The topological polar surface area (TPSA) is 66.8 Å². The van der Waals surface area contributed by atoms with Crippen LogP contribution in [0.4, 0.5) is 4.79 Å². The smallest absolute Gasteiger partial charge is 0.411 e. The average molecular weight is 215 g/mol. The first-order chi connectivity index (χ1) is 6.76. The number of amides is 1. The summed E-state index contributed by atoms with van der Waals surface area (Å²) in [7, 11) is 0. The van der Waals surface area contributed by atoms with Crippen molar-refractivity contribution in [2.45, 2.75) is 26.4 Å². The minimum absolute atomic E-state index is 0.154. The fraction of sp³-hybridized carbons (Fsp3) is 0.600. The van der Waals surface area contributed by atoms with Crippen molar-refractivity contribution in [3.8, 4) is 0 Å². The number of nitrogens with zero attached hydrogens (tertiary/aromatic N) is 1. The summed E-state index contributed by atoms with van der Waals surface area (Å²) in [5.74, 6) is -1.08. The first-order valence-electron chi connectivity index (χ1n) is 4.57. The summed E-state index contributed by atoms with van der Waals surface area (Å²) < 4.78 is 5.03. The van der Waals surface area contributed by atoms with E-state index in [2.05, 4.69) is 6.58 Å². The molecule has 0 aliphatic heterocycles. The van der Waals surface area contributed by atoms with Crippen LogP contribution in [0, 0.1) is 0 Å². The summed E-state index contributed by atoms with van der Waals surface area (Å²) in [6.45, 7) is 8.37. The molecule has 15 heavy (non-hydrogen) atoms. The molecule has 5 nitrogen and oxygen atoms in total. The van der Waals surface area contributed by atoms with Crippen LogP contribution >= 0.6 is 0 Å². The Balaban J connectivity index is 4.41. The van der Waals surface area contributed by atoms with E-state index in [1.807, 2.05) is 0 Å². The van der Waals surface area contributed by atoms with E-state index in [1.54, 1.807) is 20.8 Å². The SMILES string of the molecule is C=CCN(CC(=O)O)C(=O)OC(C)(C)C. The molecule has 0 fully saturated rings. The first-order valence-corrected chi connectivity index (χ1v) is 4.57. The number of carbonyl (C=O) groups excluding carboxylic acids is 1. The van der Waals surface area contributed by atoms with Crippen LogP contribution in [0.5, 0.6) is 0 Å². The van der Waals surface area contributed by atoms with Crippen molar-refractivity contribution < 1.29 is 19.4 Å². The Hall–Kier alpha value is -1.52. The second-order valence-electron chi connectivity index (χ2n) is 4.04. The van der Waals surface area contributed by atoms with Gasteiger partial charge in [0, 0.05) is 6.54 Å². The number of carboxylic acids is 1. The number of hydrogen-bond acceptors (Lipinski definition) is 3. The zero-order valence-corrected chi connectivity index (χ0v) is 9.32. The zero-order valence-electron chi connectivity index (χ0n) is 9.32. The Bertz CT molecular complexity index is 255. The molecule has 1 N–H and O–H groups in total. The van der Waals surface area contributed by atoms with Gasteiger partial charge in [-0.15, -0.1) is 6.58 Å². The highest BCUT2D eigenvalue weighted by Gasteiger charge is 2.22. The molecule has 0 atom stereocenters. The van der Waals surface area contributed by atoms with E-state index < -0.39 is 17.7 Å². The molecule has 0 spiro atoms. The van der Waals surface area contributed by atoms with Crippen molar-refractivity contribution in [2.75, 3.05) is 13.1 Å². The Morgan fingerprint density at radius 1 is 1.47 bits per heavy atom. The fourth-order valence-corrected chi connectivity index (χ4v) is 0.849. The molecule has 1 amide bonds. The predicted molar refractivity (Wildman–Crippen MR) is 55.6 cm³/mol. The molecular weight excluding hydrogens is 198 g/mol. The number of ether oxygens (including phenoxy) is 1. The average Bonchev–Trinajstić information content (AvgIpc) is 1.99. The molecule has 86 valence electrons. The second kappa shape index (κ2) is 5.38. The molecule has 0 saturated heterocycles. The first kappa shape index (κ1) is 13.5. The van der Waals surface area contributed by atoms with Crippen molar-refractivity contribution >= 4 is 12.1 Å². The largest absolute Gasteiger partial charge is 0.480 e. The van der Waals surface area contributed by atoms with Crippen LogP contribution in [0.1, 0.15) is 20.8 Å². The molecule has 0 aromatic carbocycles. The Kier molecular flexibility index (Phi) is 4.84. The maximum Gasteiger partial charge on any atom is 0.411 e. The van der Waals surface area contributed by atoms with Gasteiger partial charge in [-0.3, -0.25) is 9.69 Å². The summed E-state index contributed by atoms with van der Waals surface area (Å²) in [6, 6.07) is 0. The predicted octanol–water partition coefficient (Wildman–Crippen LogP) is 1.49. The van der Waals surface area contributed by atoms with Gasteiger partial charge < -0.3 is 9.84 Å². The monoisotopic (exact) mass is 215 g/mol. The molecule has 0 aliphatic rings. The fourth-order valence-electron chi connectivity index (χ4n) is 0.849. The maximum absolute atomic E-state index is 11.5. The van der Waals surface area contributed by atoms with Gasteiger partial charge in [-0.1, -0.05) is 6.08 Å². The summed E-state index contributed by atoms with van der Waals surface area (Å²) in [4.78, 5) is 23.0. The van der Waals surface area contributed by atoms with Gasteiger partial charge in [0.05, 0.1) is 0 Å². The van der Waals surface area contributed by atoms with Gasteiger partial charge in [0.2, 0.25) is 0 Å². The summed E-state index contributed by atoms with van der Waals surface area (Å²) in [5.41, 5.74) is -0.630. The van der Waals surface area contributed by atoms with Crippen molar-refractivity contribution in [1.29, 1.82) is 0 Å². The van der Waals surface area contributed by atoms with Crippen molar-refractivity contribution in [1.82, 2.24) is 4.90 Å². The molecule has 0 bridgehead atoms. The van der Waals surface area contributed by atoms with Crippen LogP contribution in [-0.2, 0) is 9.53 Å². The summed E-state index contributed by atoms with van der Waals surface area (Å²) in [5, 5.41) is 8.57. The number of aliphatic carboxylic acids is 1. The second-order valence-corrected chi connectivity index (χ2v) is 4.04. The molecule has 0 radical (unpaired) electrons. The highest BCUT2D eigenvalue weighted by Crippen LogP contribution is 2.09. The minimum atomic E-state index is -1.08. The van der Waals surface area contributed by atoms with Crippen molar-refractivity contribution in [3.63, 3.8) is 0 Å². The normalized spacial score (nSPS) is 10.6. The van der Waals surface area contributed by atoms with Gasteiger partial charge >= 0.3 is 12.1 Å². The van der Waals surface area contributed by atoms with Gasteiger partial charge in [0.1, 0.15) is 12.1 Å². The third-order valence-corrected chi connectivity index (χ3v) is 1.33. The maximum atomic E-state index is 11.5. The van der Waals surface area contributed by atoms with E-state index in [0.717, 1.165) is 4.90 Å². The lowest BCUT2D eigenvalue weighted by Crippen LogP contribution is -2.39. The highest BCUT2D eigenvalue weighted by atomic mass is 16.6. The molecule has 0 aromatic heterocycles. The molecular formula is C10H17NO4. The Morgan fingerprint density at radius 2 is 2.00 bits per heavy atom. The number of hydrogen-bond donors (Lipinski definition) is 1. The van der Waals surface area contributed by atoms with Gasteiger partial charge in [-0.25, -0.2) is 4.79 Å². The molecule has 0 saturated carbocycles. The van der Waals surface area contributed by atoms with E-state index >= 15 is 0 Å². The van der Waals surface area contributed by atoms with Crippen LogP contribution < -0.4 is 0 Å². The number of rotatable bonds is 4. The zero-order chi connectivity index (χ0) is 12.1. The summed E-state index contributed by atoms with van der Waals surface area (Å²) >= 11 is 0. The van der Waals surface area contributed by atoms with Crippen LogP contribution in [0.15, 0.2) is 12.7 Å². The quantitative estimate of drug-likeness (QED) is 0.721. The minimum Gasteiger partial charge on any atom is -0.480 e. The van der Waals surface area contributed by atoms with E-state index in [4.69, 9.17) is 9.84 Å². The van der Waals surface area contributed by atoms with Crippen LogP contribution in [0.2, 0.25) is 0 Å². The van der Waals surface area contributed by atoms with Crippen molar-refractivity contribution in [3.05, 3.63) is 12.7 Å². The third-order valence-electron chi connectivity index (χ3n) is 1.33. The Morgan fingerprint density at radius 3 is 2.33 bits per heavy atom. The van der Waals surface area contributed by atoms with E-state index in [9.17, 15) is 9.59 Å². The summed E-state index contributed by atoms with van der Waals surface area (Å²) in [6.07, 6.45) is 0.803. The van der Waals surface area contributed by atoms with E-state index in [1.165, 1.54) is 6.08 Å². The molecule has 5 heteroatoms. The molecule has 0 aliphatic carbocycles. The standard InChI is InChI=1S/C10H17NO4/c1-5-6-11(7-8(12)13)9(14)15-10(2,3)4/h5H,1,6-7H2,2-4H3,(H,12,13). The lowest BCUT2D eigenvalue weighted by Gasteiger charge is -2.25. The van der Waals surface area contributed by atoms with Gasteiger partial charge in [-0.2, -0.15) is 0 Å². The highest BCUT2D eigenvalue weighted by molar-refractivity contribution is 5.77. The lowest BCUT2D eigenvalue weighted by atomic mass is 10.2. The third kappa shape index (κ3) is 6.54. The van der Waals surface area contributed by atoms with Crippen molar-refractivity contribution in [2.24, 2.45) is 0 Å². The number of carbonyl (C=O) groups is 2. The van der Waals surface area contributed by atoms with Crippen LogP contribution in [-0.4, -0.2) is 40.8 Å². The molecule has 0 aromatic rings. The molecule has 0 unspecified atom stereocenters. The van der Waals surface area contributed by atoms with Crippen LogP contribution in [0.25, 0.3) is 0 Å².